The Morgan fingerprint density at radius 3 is 2.85 bits per heavy atom. The van der Waals surface area contributed by atoms with Crippen molar-refractivity contribution in [3.8, 4) is 5.75 Å². The minimum atomic E-state index is -0.244. The second-order valence-corrected chi connectivity index (χ2v) is 7.57. The minimum absolute atomic E-state index is 0.0444. The predicted molar refractivity (Wildman–Crippen MR) is 95.3 cm³/mol. The van der Waals surface area contributed by atoms with Crippen LogP contribution in [0.25, 0.3) is 0 Å². The van der Waals surface area contributed by atoms with E-state index in [0.29, 0.717) is 13.1 Å². The molecule has 3 aliphatic heterocycles. The number of piperazine rings is 1. The number of hydrogen-bond donors (Lipinski definition) is 3. The van der Waals surface area contributed by atoms with Crippen molar-refractivity contribution in [2.45, 2.75) is 25.9 Å². The number of nitrogens with one attached hydrogen (secondary N) is 3. The van der Waals surface area contributed by atoms with Crippen molar-refractivity contribution >= 4 is 11.9 Å². The van der Waals surface area contributed by atoms with Gasteiger partial charge in [-0.15, -0.1) is 0 Å². The Kier molecular flexibility index (Phi) is 4.82. The smallest absolute Gasteiger partial charge is 0.324 e. The topological polar surface area (TPSA) is 67.5 Å². The molecule has 1 atom stereocenters. The van der Waals surface area contributed by atoms with Crippen molar-refractivity contribution in [1.82, 2.24) is 10.2 Å². The summed E-state index contributed by atoms with van der Waals surface area (Å²) in [5.74, 6) is 0.994. The fourth-order valence-electron chi connectivity index (χ4n) is 4.26. The van der Waals surface area contributed by atoms with E-state index in [-0.39, 0.29) is 18.0 Å². The minimum Gasteiger partial charge on any atom is -0.493 e. The molecule has 2 fully saturated rings. The van der Waals surface area contributed by atoms with Crippen molar-refractivity contribution in [3.63, 3.8) is 0 Å². The van der Waals surface area contributed by atoms with Crippen molar-refractivity contribution < 1.29 is 24.1 Å². The van der Waals surface area contributed by atoms with Gasteiger partial charge in [-0.25, -0.2) is 4.79 Å². The second kappa shape index (κ2) is 7.25. The summed E-state index contributed by atoms with van der Waals surface area (Å²) >= 11 is 0. The second-order valence-electron chi connectivity index (χ2n) is 7.57. The molecule has 3 amide bonds. The number of benzene rings is 1. The molecule has 2 saturated heterocycles. The molecule has 1 aromatic rings. The van der Waals surface area contributed by atoms with E-state index in [1.807, 2.05) is 6.92 Å². The van der Waals surface area contributed by atoms with Crippen LogP contribution in [0.4, 0.5) is 4.79 Å². The van der Waals surface area contributed by atoms with Gasteiger partial charge in [-0.1, -0.05) is 0 Å². The first-order valence-electron chi connectivity index (χ1n) is 9.64. The fraction of sp³-hybridized carbons (Fsp3) is 0.579. The van der Waals surface area contributed by atoms with Gasteiger partial charge in [-0.2, -0.15) is 0 Å². The summed E-state index contributed by atoms with van der Waals surface area (Å²) in [6, 6.07) is 6.16. The highest BCUT2D eigenvalue weighted by Gasteiger charge is 2.37. The van der Waals surface area contributed by atoms with E-state index in [1.54, 1.807) is 4.90 Å². The Hall–Kier alpha value is -2.12. The molecule has 3 N–H and O–H groups in total. The maximum absolute atomic E-state index is 12.6. The Morgan fingerprint density at radius 1 is 1.31 bits per heavy atom. The molecule has 7 nitrogen and oxygen atoms in total. The zero-order valence-electron chi connectivity index (χ0n) is 15.3. The Labute approximate surface area is 153 Å². The highest BCUT2D eigenvalue weighted by atomic mass is 16.5. The standard InChI is InChI=1S/C19H26N4O3/c1-14(18(24)23-6-5-20-19(23)25)22-9-7-21(8-10-22)13-15-2-3-17-16(12-15)4-11-26-17/h2-3,12,14H,4-11,13H2,1H3,(H,20,25)/p+2/t14-/m1/s1. The summed E-state index contributed by atoms with van der Waals surface area (Å²) in [5.41, 5.74) is 2.69. The van der Waals surface area contributed by atoms with Crippen molar-refractivity contribution in [2.24, 2.45) is 0 Å². The van der Waals surface area contributed by atoms with Crippen LogP contribution in [0.15, 0.2) is 18.2 Å². The highest BCUT2D eigenvalue weighted by Crippen LogP contribution is 2.25. The van der Waals surface area contributed by atoms with E-state index in [9.17, 15) is 9.59 Å². The van der Waals surface area contributed by atoms with Gasteiger partial charge >= 0.3 is 6.03 Å². The average Bonchev–Trinajstić information content (AvgIpc) is 3.29. The van der Waals surface area contributed by atoms with Gasteiger partial charge in [0, 0.05) is 25.1 Å². The summed E-state index contributed by atoms with van der Waals surface area (Å²) in [6.07, 6.45) is 1.01. The first-order valence-corrected chi connectivity index (χ1v) is 9.64. The molecule has 0 aromatic heterocycles. The number of carbonyl (C=O) groups excluding carboxylic acids is 2. The van der Waals surface area contributed by atoms with Gasteiger partial charge in [0.1, 0.15) is 38.5 Å². The lowest BCUT2D eigenvalue weighted by Crippen LogP contribution is -3.29. The van der Waals surface area contributed by atoms with E-state index < -0.39 is 0 Å². The number of urea groups is 1. The summed E-state index contributed by atoms with van der Waals surface area (Å²) in [4.78, 5) is 28.5. The molecule has 0 spiro atoms. The monoisotopic (exact) mass is 360 g/mol. The van der Waals surface area contributed by atoms with Crippen LogP contribution in [0.3, 0.4) is 0 Å². The van der Waals surface area contributed by atoms with Crippen LogP contribution in [0, 0.1) is 0 Å². The van der Waals surface area contributed by atoms with Gasteiger partial charge in [-0.3, -0.25) is 9.69 Å². The molecule has 3 heterocycles. The summed E-state index contributed by atoms with van der Waals surface area (Å²) < 4.78 is 5.58. The van der Waals surface area contributed by atoms with Gasteiger partial charge < -0.3 is 19.9 Å². The number of amides is 3. The van der Waals surface area contributed by atoms with Crippen molar-refractivity contribution in [1.29, 1.82) is 0 Å². The number of hydrogen-bond acceptors (Lipinski definition) is 3. The van der Waals surface area contributed by atoms with Crippen LogP contribution in [0.5, 0.6) is 5.75 Å². The molecule has 0 aliphatic carbocycles. The Morgan fingerprint density at radius 2 is 2.12 bits per heavy atom. The van der Waals surface area contributed by atoms with Gasteiger partial charge in [-0.05, 0) is 30.7 Å². The zero-order chi connectivity index (χ0) is 18.1. The fourth-order valence-corrected chi connectivity index (χ4v) is 4.26. The maximum atomic E-state index is 12.6. The third-order valence-electron chi connectivity index (χ3n) is 5.91. The van der Waals surface area contributed by atoms with Crippen LogP contribution in [-0.4, -0.2) is 68.8 Å². The lowest BCUT2D eigenvalue weighted by Gasteiger charge is -2.33. The number of fused-ring (bicyclic) bond motifs is 1. The molecule has 7 heteroatoms. The normalized spacial score (nSPS) is 26.2. The van der Waals surface area contributed by atoms with Gasteiger partial charge in [0.25, 0.3) is 5.91 Å². The van der Waals surface area contributed by atoms with E-state index >= 15 is 0 Å². The molecular formula is C19H28N4O3+2. The molecule has 1 aromatic carbocycles. The summed E-state index contributed by atoms with van der Waals surface area (Å²) in [7, 11) is 0. The molecule has 140 valence electrons. The largest absolute Gasteiger partial charge is 0.493 e. The third kappa shape index (κ3) is 3.41. The van der Waals surface area contributed by atoms with Gasteiger partial charge in [0.05, 0.1) is 6.61 Å². The molecular weight excluding hydrogens is 332 g/mol. The highest BCUT2D eigenvalue weighted by molar-refractivity contribution is 5.97. The lowest BCUT2D eigenvalue weighted by molar-refractivity contribution is -1.02. The SMILES string of the molecule is C[C@H](C(=O)N1CCNC1=O)[NH+]1CC[NH+](Cc2ccc3c(c2)CCO3)CC1. The van der Waals surface area contributed by atoms with E-state index in [4.69, 9.17) is 4.74 Å². The van der Waals surface area contributed by atoms with Gasteiger partial charge in [0.15, 0.2) is 6.04 Å². The number of nitrogens with zero attached hydrogens (tertiary/aromatic N) is 1. The molecule has 0 unspecified atom stereocenters. The Bertz CT molecular complexity index is 700. The Balaban J connectivity index is 1.29. The van der Waals surface area contributed by atoms with Crippen molar-refractivity contribution in [2.75, 3.05) is 45.9 Å². The first kappa shape index (κ1) is 17.3. The number of rotatable bonds is 4. The zero-order valence-corrected chi connectivity index (χ0v) is 15.3. The van der Waals surface area contributed by atoms with E-state index in [1.165, 1.54) is 20.9 Å². The molecule has 3 aliphatic rings. The predicted octanol–water partition coefficient (Wildman–Crippen LogP) is -2.15. The molecule has 0 saturated carbocycles. The number of carbonyl (C=O) groups is 2. The van der Waals surface area contributed by atoms with Crippen LogP contribution in [0.2, 0.25) is 0 Å². The van der Waals surface area contributed by atoms with Crippen LogP contribution in [0.1, 0.15) is 18.1 Å². The van der Waals surface area contributed by atoms with Crippen LogP contribution < -0.4 is 19.9 Å². The number of imide groups is 1. The molecule has 4 rings (SSSR count). The molecule has 0 radical (unpaired) electrons. The number of quaternary nitrogens is 2. The summed E-state index contributed by atoms with van der Waals surface area (Å²) in [6.45, 7) is 8.86. The van der Waals surface area contributed by atoms with E-state index in [0.717, 1.165) is 51.5 Å². The number of ether oxygens (including phenoxy) is 1. The average molecular weight is 360 g/mol. The van der Waals surface area contributed by atoms with Crippen LogP contribution >= 0.6 is 0 Å². The quantitative estimate of drug-likeness (QED) is 0.573. The lowest BCUT2D eigenvalue weighted by atomic mass is 10.1. The maximum Gasteiger partial charge on any atom is 0.324 e. The molecule has 0 bridgehead atoms. The molecule has 26 heavy (non-hydrogen) atoms. The summed E-state index contributed by atoms with van der Waals surface area (Å²) in [5, 5.41) is 2.70. The first-order chi connectivity index (χ1) is 12.6. The van der Waals surface area contributed by atoms with Crippen LogP contribution in [-0.2, 0) is 17.8 Å². The van der Waals surface area contributed by atoms with Gasteiger partial charge in [0.2, 0.25) is 0 Å². The van der Waals surface area contributed by atoms with E-state index in [2.05, 4.69) is 23.5 Å². The van der Waals surface area contributed by atoms with Crippen molar-refractivity contribution in [3.05, 3.63) is 29.3 Å². The third-order valence-corrected chi connectivity index (χ3v) is 5.91.